The second-order valence-electron chi connectivity index (χ2n) is 4.74. The van der Waals surface area contributed by atoms with Crippen LogP contribution < -0.4 is 10.6 Å². The van der Waals surface area contributed by atoms with Gasteiger partial charge in [-0.2, -0.15) is 0 Å². The number of hydrogen-bond acceptors (Lipinski definition) is 2. The van der Waals surface area contributed by atoms with E-state index >= 15 is 0 Å². The molecule has 0 radical (unpaired) electrons. The van der Waals surface area contributed by atoms with Gasteiger partial charge in [-0.1, -0.05) is 32.0 Å². The van der Waals surface area contributed by atoms with Crippen LogP contribution >= 0.6 is 0 Å². The molecule has 0 aromatic heterocycles. The van der Waals surface area contributed by atoms with Crippen LogP contribution in [0.4, 0.5) is 5.69 Å². The van der Waals surface area contributed by atoms with Crippen LogP contribution in [0.2, 0.25) is 0 Å². The van der Waals surface area contributed by atoms with Crippen LogP contribution in [0.5, 0.6) is 0 Å². The van der Waals surface area contributed by atoms with Crippen molar-refractivity contribution in [2.75, 3.05) is 11.9 Å². The molecule has 2 amide bonds. The molecule has 4 heteroatoms. The van der Waals surface area contributed by atoms with E-state index in [1.807, 2.05) is 45.0 Å². The smallest absolute Gasteiger partial charge is 0.243 e. The van der Waals surface area contributed by atoms with Gasteiger partial charge >= 0.3 is 0 Å². The lowest BCUT2D eigenvalue weighted by molar-refractivity contribution is -0.124. The van der Waals surface area contributed by atoms with Crippen molar-refractivity contribution in [1.82, 2.24) is 5.32 Å². The van der Waals surface area contributed by atoms with Gasteiger partial charge in [-0.05, 0) is 24.5 Å². The molecule has 0 heterocycles. The predicted molar refractivity (Wildman–Crippen MR) is 72.3 cm³/mol. The van der Waals surface area contributed by atoms with E-state index in [4.69, 9.17) is 0 Å². The molecule has 0 bridgehead atoms. The third kappa shape index (κ3) is 4.99. The number of hydrogen-bond donors (Lipinski definition) is 2. The van der Waals surface area contributed by atoms with Crippen molar-refractivity contribution in [1.29, 1.82) is 0 Å². The summed E-state index contributed by atoms with van der Waals surface area (Å²) in [6, 6.07) is 7.53. The van der Waals surface area contributed by atoms with Crippen molar-refractivity contribution in [2.24, 2.45) is 5.92 Å². The van der Waals surface area contributed by atoms with Crippen LogP contribution in [0.25, 0.3) is 0 Å². The summed E-state index contributed by atoms with van der Waals surface area (Å²) in [5.41, 5.74) is 1.78. The van der Waals surface area contributed by atoms with Gasteiger partial charge in [0, 0.05) is 12.1 Å². The topological polar surface area (TPSA) is 58.2 Å². The standard InChI is InChI=1S/C14H20N2O2/c1-10(2)8-13(17)15-9-14(18)16-12-7-5-4-6-11(12)3/h4-7,10H,8-9H2,1-3H3,(H,15,17)(H,16,18). The first-order valence-electron chi connectivity index (χ1n) is 6.11. The van der Waals surface area contributed by atoms with Gasteiger partial charge < -0.3 is 10.6 Å². The van der Waals surface area contributed by atoms with E-state index in [1.54, 1.807) is 0 Å². The second-order valence-corrected chi connectivity index (χ2v) is 4.74. The number of benzene rings is 1. The van der Waals surface area contributed by atoms with Gasteiger partial charge in [0.2, 0.25) is 11.8 Å². The van der Waals surface area contributed by atoms with Gasteiger partial charge in [-0.3, -0.25) is 9.59 Å². The first-order chi connectivity index (χ1) is 8.49. The highest BCUT2D eigenvalue weighted by Gasteiger charge is 2.08. The number of carbonyl (C=O) groups is 2. The molecule has 0 saturated heterocycles. The molecule has 0 saturated carbocycles. The maximum absolute atomic E-state index is 11.6. The molecule has 0 fully saturated rings. The number of aryl methyl sites for hydroxylation is 1. The van der Waals surface area contributed by atoms with Gasteiger partial charge in [-0.25, -0.2) is 0 Å². The zero-order valence-electron chi connectivity index (χ0n) is 11.1. The van der Waals surface area contributed by atoms with Crippen LogP contribution in [0, 0.1) is 12.8 Å². The highest BCUT2D eigenvalue weighted by Crippen LogP contribution is 2.12. The fraction of sp³-hybridized carbons (Fsp3) is 0.429. The molecular weight excluding hydrogens is 228 g/mol. The van der Waals surface area contributed by atoms with Gasteiger partial charge in [0.1, 0.15) is 0 Å². The molecule has 98 valence electrons. The Morgan fingerprint density at radius 1 is 1.17 bits per heavy atom. The summed E-state index contributed by atoms with van der Waals surface area (Å²) >= 11 is 0. The molecule has 0 atom stereocenters. The zero-order chi connectivity index (χ0) is 13.5. The number of nitrogens with one attached hydrogen (secondary N) is 2. The van der Waals surface area contributed by atoms with Gasteiger partial charge in [0.15, 0.2) is 0 Å². The fourth-order valence-corrected chi connectivity index (χ4v) is 1.53. The Morgan fingerprint density at radius 3 is 2.44 bits per heavy atom. The van der Waals surface area contributed by atoms with Crippen molar-refractivity contribution in [3.63, 3.8) is 0 Å². The highest BCUT2D eigenvalue weighted by atomic mass is 16.2. The zero-order valence-corrected chi connectivity index (χ0v) is 11.1. The second kappa shape index (κ2) is 6.79. The number of anilines is 1. The Kier molecular flexibility index (Phi) is 5.36. The lowest BCUT2D eigenvalue weighted by Crippen LogP contribution is -2.33. The van der Waals surface area contributed by atoms with E-state index in [0.29, 0.717) is 12.3 Å². The van der Waals surface area contributed by atoms with Crippen molar-refractivity contribution >= 4 is 17.5 Å². The average Bonchev–Trinajstić information content (AvgIpc) is 2.29. The molecule has 0 spiro atoms. The maximum atomic E-state index is 11.6. The fourth-order valence-electron chi connectivity index (χ4n) is 1.53. The van der Waals surface area contributed by atoms with Crippen LogP contribution in [0.1, 0.15) is 25.8 Å². The third-order valence-electron chi connectivity index (χ3n) is 2.46. The van der Waals surface area contributed by atoms with E-state index in [2.05, 4.69) is 10.6 Å². The summed E-state index contributed by atoms with van der Waals surface area (Å²) in [5.74, 6) is -0.00392. The molecule has 0 aliphatic rings. The Balaban J connectivity index is 2.39. The van der Waals surface area contributed by atoms with E-state index in [9.17, 15) is 9.59 Å². The SMILES string of the molecule is Cc1ccccc1NC(=O)CNC(=O)CC(C)C. The largest absolute Gasteiger partial charge is 0.347 e. The molecule has 0 unspecified atom stereocenters. The number of amides is 2. The lowest BCUT2D eigenvalue weighted by atomic mass is 10.1. The Morgan fingerprint density at radius 2 is 1.83 bits per heavy atom. The normalized spacial score (nSPS) is 10.2. The van der Waals surface area contributed by atoms with Crippen molar-refractivity contribution in [3.05, 3.63) is 29.8 Å². The summed E-state index contributed by atoms with van der Waals surface area (Å²) in [6.45, 7) is 5.87. The minimum absolute atomic E-state index is 0.0138. The molecule has 4 nitrogen and oxygen atoms in total. The molecule has 1 rings (SSSR count). The summed E-state index contributed by atoms with van der Waals surface area (Å²) in [5, 5.41) is 5.37. The molecular formula is C14H20N2O2. The van der Waals surface area contributed by atoms with Crippen LogP contribution in [-0.4, -0.2) is 18.4 Å². The molecule has 0 aliphatic heterocycles. The van der Waals surface area contributed by atoms with Crippen LogP contribution in [0.3, 0.4) is 0 Å². The molecule has 1 aromatic rings. The molecule has 1 aromatic carbocycles. The van der Waals surface area contributed by atoms with Crippen molar-refractivity contribution in [3.8, 4) is 0 Å². The number of para-hydroxylation sites is 1. The minimum atomic E-state index is -0.207. The molecule has 2 N–H and O–H groups in total. The summed E-state index contributed by atoms with van der Waals surface area (Å²) in [4.78, 5) is 23.0. The van der Waals surface area contributed by atoms with Gasteiger partial charge in [0.05, 0.1) is 6.54 Å². The number of carbonyl (C=O) groups excluding carboxylic acids is 2. The average molecular weight is 248 g/mol. The molecule has 18 heavy (non-hydrogen) atoms. The molecule has 0 aliphatic carbocycles. The van der Waals surface area contributed by atoms with E-state index in [0.717, 1.165) is 11.3 Å². The quantitative estimate of drug-likeness (QED) is 0.838. The highest BCUT2D eigenvalue weighted by molar-refractivity contribution is 5.95. The van der Waals surface area contributed by atoms with E-state index < -0.39 is 0 Å². The maximum Gasteiger partial charge on any atom is 0.243 e. The van der Waals surface area contributed by atoms with Gasteiger partial charge in [-0.15, -0.1) is 0 Å². The summed E-state index contributed by atoms with van der Waals surface area (Å²) in [7, 11) is 0. The predicted octanol–water partition coefficient (Wildman–Crippen LogP) is 2.10. The number of rotatable bonds is 5. The van der Waals surface area contributed by atoms with Crippen molar-refractivity contribution in [2.45, 2.75) is 27.2 Å². The monoisotopic (exact) mass is 248 g/mol. The lowest BCUT2D eigenvalue weighted by Gasteiger charge is -2.09. The minimum Gasteiger partial charge on any atom is -0.347 e. The van der Waals surface area contributed by atoms with E-state index in [1.165, 1.54) is 0 Å². The summed E-state index contributed by atoms with van der Waals surface area (Å²) in [6.07, 6.45) is 0.442. The van der Waals surface area contributed by atoms with Crippen LogP contribution in [0.15, 0.2) is 24.3 Å². The summed E-state index contributed by atoms with van der Waals surface area (Å²) < 4.78 is 0. The Hall–Kier alpha value is -1.84. The first kappa shape index (κ1) is 14.2. The Bertz CT molecular complexity index is 428. The van der Waals surface area contributed by atoms with E-state index in [-0.39, 0.29) is 18.4 Å². The van der Waals surface area contributed by atoms with Crippen LogP contribution in [-0.2, 0) is 9.59 Å². The van der Waals surface area contributed by atoms with Crippen molar-refractivity contribution < 1.29 is 9.59 Å². The van der Waals surface area contributed by atoms with Gasteiger partial charge in [0.25, 0.3) is 0 Å². The first-order valence-corrected chi connectivity index (χ1v) is 6.11. The third-order valence-corrected chi connectivity index (χ3v) is 2.46. The Labute approximate surface area is 108 Å².